The molecule has 0 radical (unpaired) electrons. The number of rotatable bonds is 3. The predicted molar refractivity (Wildman–Crippen MR) is 82.2 cm³/mol. The number of aryl methyl sites for hydroxylation is 2. The molecule has 3 nitrogen and oxygen atoms in total. The quantitative estimate of drug-likeness (QED) is 0.925. The van der Waals surface area contributed by atoms with Crippen molar-refractivity contribution in [3.8, 4) is 0 Å². The first-order valence-corrected chi connectivity index (χ1v) is 8.88. The molecule has 0 amide bonds. The summed E-state index contributed by atoms with van der Waals surface area (Å²) in [5, 5.41) is 0. The van der Waals surface area contributed by atoms with Crippen LogP contribution in [0.15, 0.2) is 17.0 Å². The van der Waals surface area contributed by atoms with E-state index in [1.54, 1.807) is 13.8 Å². The minimum atomic E-state index is -3.60. The number of benzene rings is 1. The van der Waals surface area contributed by atoms with Crippen LogP contribution in [0.3, 0.4) is 0 Å². The van der Waals surface area contributed by atoms with Crippen molar-refractivity contribution in [2.24, 2.45) is 5.41 Å². The van der Waals surface area contributed by atoms with Gasteiger partial charge in [0.1, 0.15) is 5.82 Å². The third-order valence-corrected chi connectivity index (χ3v) is 6.05. The van der Waals surface area contributed by atoms with Crippen LogP contribution < -0.4 is 4.72 Å². The lowest BCUT2D eigenvalue weighted by atomic mass is 9.75. The summed E-state index contributed by atoms with van der Waals surface area (Å²) in [5.74, 6) is -0.400. The molecule has 0 bridgehead atoms. The molecule has 2 rings (SSSR count). The third-order valence-electron chi connectivity index (χ3n) is 4.22. The van der Waals surface area contributed by atoms with Gasteiger partial charge in [-0.2, -0.15) is 0 Å². The van der Waals surface area contributed by atoms with Gasteiger partial charge in [-0.3, -0.25) is 0 Å². The Labute approximate surface area is 127 Å². The van der Waals surface area contributed by atoms with E-state index in [1.807, 2.05) is 0 Å². The van der Waals surface area contributed by atoms with Crippen molar-refractivity contribution in [3.05, 3.63) is 29.1 Å². The maximum Gasteiger partial charge on any atom is 0.241 e. The third kappa shape index (κ3) is 3.83. The van der Waals surface area contributed by atoms with E-state index < -0.39 is 15.8 Å². The minimum Gasteiger partial charge on any atom is -0.208 e. The molecule has 1 aliphatic carbocycles. The Bertz CT molecular complexity index is 615. The Morgan fingerprint density at radius 3 is 2.33 bits per heavy atom. The SMILES string of the molecule is Cc1cc(F)cc(C)c1S(=O)(=O)NC1CCCC(C)(C)C1. The lowest BCUT2D eigenvalue weighted by Gasteiger charge is -2.35. The van der Waals surface area contributed by atoms with Gasteiger partial charge in [-0.15, -0.1) is 0 Å². The monoisotopic (exact) mass is 313 g/mol. The van der Waals surface area contributed by atoms with E-state index in [0.717, 1.165) is 25.7 Å². The Hall–Kier alpha value is -0.940. The highest BCUT2D eigenvalue weighted by molar-refractivity contribution is 7.89. The van der Waals surface area contributed by atoms with Crippen molar-refractivity contribution in [1.29, 1.82) is 0 Å². The van der Waals surface area contributed by atoms with Crippen LogP contribution in [-0.2, 0) is 10.0 Å². The molecule has 118 valence electrons. The molecular formula is C16H24FNO2S. The van der Waals surface area contributed by atoms with Gasteiger partial charge in [0.15, 0.2) is 0 Å². The highest BCUT2D eigenvalue weighted by Gasteiger charge is 2.31. The molecule has 0 saturated heterocycles. The molecular weight excluding hydrogens is 289 g/mol. The average Bonchev–Trinajstić information content (AvgIpc) is 2.23. The number of halogens is 1. The zero-order chi connectivity index (χ0) is 15.8. The molecule has 1 fully saturated rings. The van der Waals surface area contributed by atoms with E-state index in [0.29, 0.717) is 11.1 Å². The predicted octanol–water partition coefficient (Wildman–Crippen LogP) is 3.69. The molecule has 0 aromatic heterocycles. The van der Waals surface area contributed by atoms with Gasteiger partial charge in [0, 0.05) is 6.04 Å². The standard InChI is InChI=1S/C16H24FNO2S/c1-11-8-13(17)9-12(2)15(11)21(19,20)18-14-6-5-7-16(3,4)10-14/h8-9,14,18H,5-7,10H2,1-4H3. The van der Waals surface area contributed by atoms with Crippen LogP contribution in [0.5, 0.6) is 0 Å². The lowest BCUT2D eigenvalue weighted by Crippen LogP contribution is -2.41. The normalized spacial score (nSPS) is 22.2. The van der Waals surface area contributed by atoms with Gasteiger partial charge < -0.3 is 0 Å². The summed E-state index contributed by atoms with van der Waals surface area (Å²) < 4.78 is 41.4. The van der Waals surface area contributed by atoms with Crippen LogP contribution in [-0.4, -0.2) is 14.5 Å². The highest BCUT2D eigenvalue weighted by Crippen LogP contribution is 2.36. The molecule has 1 N–H and O–H groups in total. The van der Waals surface area contributed by atoms with Gasteiger partial charge in [-0.05, 0) is 61.8 Å². The van der Waals surface area contributed by atoms with Crippen LogP contribution in [0, 0.1) is 25.1 Å². The lowest BCUT2D eigenvalue weighted by molar-refractivity contribution is 0.212. The summed E-state index contributed by atoms with van der Waals surface area (Å²) >= 11 is 0. The minimum absolute atomic E-state index is 0.0393. The van der Waals surface area contributed by atoms with Crippen molar-refractivity contribution >= 4 is 10.0 Å². The first-order valence-electron chi connectivity index (χ1n) is 7.40. The molecule has 1 aromatic carbocycles. The van der Waals surface area contributed by atoms with E-state index in [4.69, 9.17) is 0 Å². The molecule has 1 aromatic rings. The second-order valence-electron chi connectivity index (χ2n) is 6.95. The zero-order valence-electron chi connectivity index (χ0n) is 13.2. The Morgan fingerprint density at radius 2 is 1.81 bits per heavy atom. The van der Waals surface area contributed by atoms with Gasteiger partial charge >= 0.3 is 0 Å². The molecule has 0 spiro atoms. The summed E-state index contributed by atoms with van der Waals surface area (Å²) in [4.78, 5) is 0.215. The maximum absolute atomic E-state index is 13.3. The van der Waals surface area contributed by atoms with Gasteiger partial charge in [-0.1, -0.05) is 20.3 Å². The van der Waals surface area contributed by atoms with Crippen molar-refractivity contribution in [2.75, 3.05) is 0 Å². The summed E-state index contributed by atoms with van der Waals surface area (Å²) in [7, 11) is -3.60. The maximum atomic E-state index is 13.3. The summed E-state index contributed by atoms with van der Waals surface area (Å²) in [6, 6.07) is 2.50. The van der Waals surface area contributed by atoms with Crippen LogP contribution >= 0.6 is 0 Å². The highest BCUT2D eigenvalue weighted by atomic mass is 32.2. The largest absolute Gasteiger partial charge is 0.241 e. The van der Waals surface area contributed by atoms with Gasteiger partial charge in [-0.25, -0.2) is 17.5 Å². The number of nitrogens with one attached hydrogen (secondary N) is 1. The molecule has 1 unspecified atom stereocenters. The molecule has 5 heteroatoms. The zero-order valence-corrected chi connectivity index (χ0v) is 14.0. The van der Waals surface area contributed by atoms with Crippen LogP contribution in [0.25, 0.3) is 0 Å². The van der Waals surface area contributed by atoms with Crippen molar-refractivity contribution in [3.63, 3.8) is 0 Å². The van der Waals surface area contributed by atoms with E-state index in [2.05, 4.69) is 18.6 Å². The van der Waals surface area contributed by atoms with E-state index >= 15 is 0 Å². The fourth-order valence-electron chi connectivity index (χ4n) is 3.40. The Balaban J connectivity index is 2.27. The molecule has 0 aliphatic heterocycles. The topological polar surface area (TPSA) is 46.2 Å². The van der Waals surface area contributed by atoms with Crippen LogP contribution in [0.2, 0.25) is 0 Å². The van der Waals surface area contributed by atoms with E-state index in [-0.39, 0.29) is 16.4 Å². The van der Waals surface area contributed by atoms with Crippen molar-refractivity contribution in [1.82, 2.24) is 4.72 Å². The molecule has 21 heavy (non-hydrogen) atoms. The molecule has 1 atom stereocenters. The first-order chi connectivity index (χ1) is 9.61. The fraction of sp³-hybridized carbons (Fsp3) is 0.625. The average molecular weight is 313 g/mol. The summed E-state index contributed by atoms with van der Waals surface area (Å²) in [6.07, 6.45) is 3.86. The Kier molecular flexibility index (Phi) is 4.45. The van der Waals surface area contributed by atoms with Gasteiger partial charge in [0.2, 0.25) is 10.0 Å². The van der Waals surface area contributed by atoms with Gasteiger partial charge in [0.25, 0.3) is 0 Å². The van der Waals surface area contributed by atoms with Crippen molar-refractivity contribution in [2.45, 2.75) is 64.3 Å². The number of hydrogen-bond acceptors (Lipinski definition) is 2. The smallest absolute Gasteiger partial charge is 0.208 e. The first kappa shape index (κ1) is 16.4. The molecule has 0 heterocycles. The molecule has 1 saturated carbocycles. The second kappa shape index (κ2) is 5.69. The number of sulfonamides is 1. The van der Waals surface area contributed by atoms with Crippen molar-refractivity contribution < 1.29 is 12.8 Å². The van der Waals surface area contributed by atoms with E-state index in [1.165, 1.54) is 12.1 Å². The van der Waals surface area contributed by atoms with Crippen LogP contribution in [0.1, 0.15) is 50.7 Å². The summed E-state index contributed by atoms with van der Waals surface area (Å²) in [5.41, 5.74) is 1.07. The van der Waals surface area contributed by atoms with Gasteiger partial charge in [0.05, 0.1) is 4.90 Å². The van der Waals surface area contributed by atoms with E-state index in [9.17, 15) is 12.8 Å². The second-order valence-corrected chi connectivity index (χ2v) is 8.60. The molecule has 1 aliphatic rings. The Morgan fingerprint density at radius 1 is 1.24 bits per heavy atom. The number of hydrogen-bond donors (Lipinski definition) is 1. The van der Waals surface area contributed by atoms with Crippen LogP contribution in [0.4, 0.5) is 4.39 Å². The fourth-order valence-corrected chi connectivity index (χ4v) is 5.12. The summed E-state index contributed by atoms with van der Waals surface area (Å²) in [6.45, 7) is 7.61.